The zero-order chi connectivity index (χ0) is 14.8. The van der Waals surface area contributed by atoms with Crippen LogP contribution in [0.2, 0.25) is 0 Å². The van der Waals surface area contributed by atoms with Crippen molar-refractivity contribution in [3.8, 4) is 0 Å². The predicted molar refractivity (Wildman–Crippen MR) is 81.5 cm³/mol. The Morgan fingerprint density at radius 1 is 1.25 bits per heavy atom. The Kier molecular flexibility index (Phi) is 4.69. The number of hydrogen-bond donors (Lipinski definition) is 1. The zero-order valence-corrected chi connectivity index (χ0v) is 12.8. The van der Waals surface area contributed by atoms with E-state index in [0.717, 1.165) is 31.6 Å². The van der Waals surface area contributed by atoms with Crippen LogP contribution in [0.5, 0.6) is 0 Å². The van der Waals surface area contributed by atoms with E-state index in [1.54, 1.807) is 13.0 Å². The summed E-state index contributed by atoms with van der Waals surface area (Å²) in [5.74, 6) is -0.305. The van der Waals surface area contributed by atoms with Crippen LogP contribution < -0.4 is 4.90 Å². The van der Waals surface area contributed by atoms with E-state index in [2.05, 4.69) is 18.7 Å². The highest BCUT2D eigenvalue weighted by Gasteiger charge is 2.32. The molecule has 1 heterocycles. The standard InChI is InChI=1S/C17H26FNO/c1-4-17(5-2)9-11-19(12-10-17)15-8-6-7-14(18)16(15)13(3)20/h6-8,13,20H,4-5,9-12H2,1-3H3/t13-/m0/s1. The molecular weight excluding hydrogens is 253 g/mol. The number of halogens is 1. The Balaban J connectivity index is 2.21. The zero-order valence-electron chi connectivity index (χ0n) is 12.8. The molecule has 0 saturated carbocycles. The van der Waals surface area contributed by atoms with E-state index in [4.69, 9.17) is 0 Å². The molecule has 1 fully saturated rings. The fourth-order valence-electron chi connectivity index (χ4n) is 3.39. The van der Waals surface area contributed by atoms with Crippen LogP contribution in [-0.2, 0) is 0 Å². The molecule has 0 bridgehead atoms. The second-order valence-corrected chi connectivity index (χ2v) is 6.04. The number of piperidine rings is 1. The van der Waals surface area contributed by atoms with Gasteiger partial charge in [-0.2, -0.15) is 0 Å². The Morgan fingerprint density at radius 3 is 2.35 bits per heavy atom. The van der Waals surface area contributed by atoms with Gasteiger partial charge in [0.1, 0.15) is 5.82 Å². The molecule has 0 aromatic heterocycles. The maximum Gasteiger partial charge on any atom is 0.131 e. The first-order valence-corrected chi connectivity index (χ1v) is 7.74. The number of aliphatic hydroxyl groups excluding tert-OH is 1. The van der Waals surface area contributed by atoms with E-state index >= 15 is 0 Å². The SMILES string of the molecule is CCC1(CC)CCN(c2cccc(F)c2[C@H](C)O)CC1. The average molecular weight is 279 g/mol. The molecule has 1 atom stereocenters. The lowest BCUT2D eigenvalue weighted by Gasteiger charge is -2.42. The number of rotatable bonds is 4. The van der Waals surface area contributed by atoms with Crippen LogP contribution in [0.4, 0.5) is 10.1 Å². The number of nitrogens with zero attached hydrogens (tertiary/aromatic N) is 1. The third-order valence-electron chi connectivity index (χ3n) is 5.11. The topological polar surface area (TPSA) is 23.5 Å². The minimum absolute atomic E-state index is 0.305. The van der Waals surface area contributed by atoms with Crippen molar-refractivity contribution in [3.05, 3.63) is 29.6 Å². The van der Waals surface area contributed by atoms with Gasteiger partial charge in [-0.05, 0) is 37.3 Å². The average Bonchev–Trinajstić information content (AvgIpc) is 2.46. The number of hydrogen-bond acceptors (Lipinski definition) is 2. The maximum absolute atomic E-state index is 14.0. The summed E-state index contributed by atoms with van der Waals surface area (Å²) >= 11 is 0. The second kappa shape index (κ2) is 6.13. The van der Waals surface area contributed by atoms with Gasteiger partial charge in [-0.1, -0.05) is 32.8 Å². The monoisotopic (exact) mass is 279 g/mol. The van der Waals surface area contributed by atoms with Crippen molar-refractivity contribution >= 4 is 5.69 Å². The van der Waals surface area contributed by atoms with Crippen molar-refractivity contribution in [2.75, 3.05) is 18.0 Å². The summed E-state index contributed by atoms with van der Waals surface area (Å²) in [7, 11) is 0. The first kappa shape index (κ1) is 15.3. The van der Waals surface area contributed by atoms with Gasteiger partial charge >= 0.3 is 0 Å². The van der Waals surface area contributed by atoms with Gasteiger partial charge in [0.15, 0.2) is 0 Å². The lowest BCUT2D eigenvalue weighted by molar-refractivity contribution is 0.189. The lowest BCUT2D eigenvalue weighted by atomic mass is 9.74. The summed E-state index contributed by atoms with van der Waals surface area (Å²) in [5, 5.41) is 9.84. The molecule has 0 amide bonds. The molecule has 112 valence electrons. The van der Waals surface area contributed by atoms with Crippen LogP contribution in [0.25, 0.3) is 0 Å². The van der Waals surface area contributed by atoms with Crippen molar-refractivity contribution in [2.24, 2.45) is 5.41 Å². The van der Waals surface area contributed by atoms with Crippen LogP contribution in [-0.4, -0.2) is 18.2 Å². The molecule has 0 unspecified atom stereocenters. The van der Waals surface area contributed by atoms with Crippen LogP contribution in [0.3, 0.4) is 0 Å². The van der Waals surface area contributed by atoms with Gasteiger partial charge in [0.2, 0.25) is 0 Å². The third kappa shape index (κ3) is 2.83. The van der Waals surface area contributed by atoms with Gasteiger partial charge in [-0.25, -0.2) is 4.39 Å². The van der Waals surface area contributed by atoms with Gasteiger partial charge in [-0.15, -0.1) is 0 Å². The highest BCUT2D eigenvalue weighted by atomic mass is 19.1. The van der Waals surface area contributed by atoms with E-state index in [1.165, 1.54) is 18.9 Å². The molecule has 1 aromatic carbocycles. The fraction of sp³-hybridized carbons (Fsp3) is 0.647. The van der Waals surface area contributed by atoms with Crippen molar-refractivity contribution in [1.82, 2.24) is 0 Å². The first-order valence-electron chi connectivity index (χ1n) is 7.74. The van der Waals surface area contributed by atoms with Gasteiger partial charge in [0.05, 0.1) is 6.10 Å². The summed E-state index contributed by atoms with van der Waals surface area (Å²) in [5.41, 5.74) is 1.75. The van der Waals surface area contributed by atoms with E-state index in [9.17, 15) is 9.50 Å². The maximum atomic E-state index is 14.0. The Morgan fingerprint density at radius 2 is 1.85 bits per heavy atom. The molecule has 1 aliphatic heterocycles. The van der Waals surface area contributed by atoms with Crippen LogP contribution >= 0.6 is 0 Å². The normalized spacial score (nSPS) is 19.9. The van der Waals surface area contributed by atoms with Crippen LogP contribution in [0, 0.1) is 11.2 Å². The molecule has 1 aromatic rings. The highest BCUT2D eigenvalue weighted by Crippen LogP contribution is 2.40. The van der Waals surface area contributed by atoms with Gasteiger partial charge in [0, 0.05) is 24.3 Å². The molecule has 1 saturated heterocycles. The first-order chi connectivity index (χ1) is 9.53. The minimum Gasteiger partial charge on any atom is -0.389 e. The van der Waals surface area contributed by atoms with Crippen molar-refractivity contribution in [3.63, 3.8) is 0 Å². The van der Waals surface area contributed by atoms with Crippen LogP contribution in [0.15, 0.2) is 18.2 Å². The molecule has 2 rings (SSSR count). The lowest BCUT2D eigenvalue weighted by Crippen LogP contribution is -2.40. The summed E-state index contributed by atoms with van der Waals surface area (Å²) in [6.45, 7) is 8.06. The fourth-order valence-corrected chi connectivity index (χ4v) is 3.39. The largest absolute Gasteiger partial charge is 0.389 e. The van der Waals surface area contributed by atoms with E-state index < -0.39 is 6.10 Å². The minimum atomic E-state index is -0.768. The van der Waals surface area contributed by atoms with Gasteiger partial charge in [-0.3, -0.25) is 0 Å². The van der Waals surface area contributed by atoms with E-state index in [0.29, 0.717) is 11.0 Å². The summed E-state index contributed by atoms with van der Waals surface area (Å²) < 4.78 is 14.0. The van der Waals surface area contributed by atoms with Crippen molar-refractivity contribution < 1.29 is 9.50 Å². The molecule has 3 heteroatoms. The van der Waals surface area contributed by atoms with Crippen molar-refractivity contribution in [2.45, 2.75) is 52.6 Å². The molecular formula is C17H26FNO. The van der Waals surface area contributed by atoms with Gasteiger partial charge < -0.3 is 10.0 Å². The Labute approximate surface area is 121 Å². The number of anilines is 1. The van der Waals surface area contributed by atoms with Crippen LogP contribution in [0.1, 0.15) is 58.1 Å². The summed E-state index contributed by atoms with van der Waals surface area (Å²) in [4.78, 5) is 2.23. The molecule has 0 aliphatic carbocycles. The quantitative estimate of drug-likeness (QED) is 0.889. The Hall–Kier alpha value is -1.09. The van der Waals surface area contributed by atoms with Crippen molar-refractivity contribution in [1.29, 1.82) is 0 Å². The molecule has 0 radical (unpaired) electrons. The third-order valence-corrected chi connectivity index (χ3v) is 5.11. The molecule has 2 nitrogen and oxygen atoms in total. The highest BCUT2D eigenvalue weighted by molar-refractivity contribution is 5.55. The Bertz CT molecular complexity index is 444. The number of aliphatic hydroxyl groups is 1. The number of benzene rings is 1. The molecule has 20 heavy (non-hydrogen) atoms. The smallest absolute Gasteiger partial charge is 0.131 e. The second-order valence-electron chi connectivity index (χ2n) is 6.04. The van der Waals surface area contributed by atoms with Gasteiger partial charge in [0.25, 0.3) is 0 Å². The van der Waals surface area contributed by atoms with E-state index in [1.807, 2.05) is 6.07 Å². The molecule has 1 N–H and O–H groups in total. The summed E-state index contributed by atoms with van der Waals surface area (Å²) in [6.07, 6.45) is 3.95. The predicted octanol–water partition coefficient (Wildman–Crippen LogP) is 4.29. The molecule has 1 aliphatic rings. The summed E-state index contributed by atoms with van der Waals surface area (Å²) in [6, 6.07) is 5.09. The molecule has 0 spiro atoms. The van der Waals surface area contributed by atoms with E-state index in [-0.39, 0.29) is 5.82 Å².